The number of nitrogens with two attached hydrogens (primary N) is 1. The minimum atomic E-state index is -1.50. The quantitative estimate of drug-likeness (QED) is 0.869. The Morgan fingerprint density at radius 1 is 1.00 bits per heavy atom. The van der Waals surface area contributed by atoms with Gasteiger partial charge in [0.25, 0.3) is 0 Å². The first-order valence-electron chi connectivity index (χ1n) is 5.25. The smallest absolute Gasteiger partial charge is 0.130 e. The molecule has 0 radical (unpaired) electrons. The second-order valence-corrected chi connectivity index (χ2v) is 5.21. The molecule has 0 amide bonds. The number of halogens is 2. The minimum Gasteiger partial charge on any atom is -0.399 e. The van der Waals surface area contributed by atoms with Crippen molar-refractivity contribution in [3.63, 3.8) is 0 Å². The van der Waals surface area contributed by atoms with E-state index in [1.54, 1.807) is 24.3 Å². The normalized spacial score (nSPS) is 12.3. The van der Waals surface area contributed by atoms with E-state index in [0.717, 1.165) is 12.1 Å². The molecule has 5 heteroatoms. The zero-order valence-electron chi connectivity index (χ0n) is 9.40. The summed E-state index contributed by atoms with van der Waals surface area (Å²) in [4.78, 5) is 0.492. The number of anilines is 1. The van der Waals surface area contributed by atoms with Gasteiger partial charge in [0.15, 0.2) is 0 Å². The molecule has 2 aromatic carbocycles. The molecule has 0 fully saturated rings. The van der Waals surface area contributed by atoms with Crippen LogP contribution in [0.1, 0.15) is 5.56 Å². The van der Waals surface area contributed by atoms with E-state index < -0.39 is 22.4 Å². The Labute approximate surface area is 106 Å². The third-order valence-electron chi connectivity index (χ3n) is 2.48. The van der Waals surface area contributed by atoms with E-state index in [4.69, 9.17) is 5.73 Å². The molecule has 2 aromatic rings. The summed E-state index contributed by atoms with van der Waals surface area (Å²) in [6, 6.07) is 9.96. The van der Waals surface area contributed by atoms with Crippen molar-refractivity contribution in [2.24, 2.45) is 0 Å². The molecule has 2 nitrogen and oxygen atoms in total. The standard InChI is InChI=1S/C13H11F2NOS/c14-12-2-1-3-13(15)11(12)8-18(17)10-6-4-9(16)5-7-10/h1-7H,8,16H2. The minimum absolute atomic E-state index is 0.160. The summed E-state index contributed by atoms with van der Waals surface area (Å²) < 4.78 is 38.8. The molecule has 0 saturated carbocycles. The molecule has 2 rings (SSSR count). The molecule has 0 bridgehead atoms. The number of hydrogen-bond donors (Lipinski definition) is 1. The second-order valence-electron chi connectivity index (χ2n) is 3.76. The molecule has 1 atom stereocenters. The molecule has 0 spiro atoms. The van der Waals surface area contributed by atoms with Crippen LogP contribution in [0.3, 0.4) is 0 Å². The first-order valence-corrected chi connectivity index (χ1v) is 6.56. The van der Waals surface area contributed by atoms with Gasteiger partial charge in [-0.25, -0.2) is 8.78 Å². The van der Waals surface area contributed by atoms with E-state index in [1.165, 1.54) is 6.07 Å². The molecule has 0 aliphatic carbocycles. The van der Waals surface area contributed by atoms with Gasteiger partial charge in [-0.2, -0.15) is 0 Å². The monoisotopic (exact) mass is 267 g/mol. The van der Waals surface area contributed by atoms with Gasteiger partial charge in [-0.05, 0) is 36.4 Å². The van der Waals surface area contributed by atoms with Gasteiger partial charge < -0.3 is 5.73 Å². The Bertz CT molecular complexity index is 564. The maximum absolute atomic E-state index is 13.4. The first kappa shape index (κ1) is 12.7. The van der Waals surface area contributed by atoms with Gasteiger partial charge in [-0.3, -0.25) is 4.21 Å². The maximum atomic E-state index is 13.4. The lowest BCUT2D eigenvalue weighted by atomic mass is 10.2. The van der Waals surface area contributed by atoms with Crippen LogP contribution in [-0.2, 0) is 16.6 Å². The van der Waals surface area contributed by atoms with Crippen molar-refractivity contribution in [1.29, 1.82) is 0 Å². The van der Waals surface area contributed by atoms with Crippen molar-refractivity contribution < 1.29 is 13.0 Å². The Kier molecular flexibility index (Phi) is 3.72. The lowest BCUT2D eigenvalue weighted by Gasteiger charge is -2.05. The van der Waals surface area contributed by atoms with Gasteiger partial charge in [-0.1, -0.05) is 6.07 Å². The summed E-state index contributed by atoms with van der Waals surface area (Å²) in [5, 5.41) is 0. The number of rotatable bonds is 3. The van der Waals surface area contributed by atoms with Crippen LogP contribution >= 0.6 is 0 Å². The van der Waals surface area contributed by atoms with E-state index in [9.17, 15) is 13.0 Å². The van der Waals surface area contributed by atoms with Gasteiger partial charge in [-0.15, -0.1) is 0 Å². The number of nitrogen functional groups attached to an aromatic ring is 1. The van der Waals surface area contributed by atoms with Crippen LogP contribution in [0.4, 0.5) is 14.5 Å². The Balaban J connectivity index is 2.24. The van der Waals surface area contributed by atoms with Gasteiger partial charge in [0.1, 0.15) is 11.6 Å². The van der Waals surface area contributed by atoms with E-state index in [1.807, 2.05) is 0 Å². The molecule has 0 saturated heterocycles. The molecular formula is C13H11F2NOS. The predicted octanol–water partition coefficient (Wildman–Crippen LogP) is 2.85. The van der Waals surface area contributed by atoms with Crippen molar-refractivity contribution in [3.8, 4) is 0 Å². The van der Waals surface area contributed by atoms with Crippen LogP contribution in [0.5, 0.6) is 0 Å². The Hall–Kier alpha value is -1.75. The fourth-order valence-corrected chi connectivity index (χ4v) is 2.65. The van der Waals surface area contributed by atoms with Crippen molar-refractivity contribution in [3.05, 3.63) is 59.7 Å². The molecular weight excluding hydrogens is 256 g/mol. The van der Waals surface area contributed by atoms with Gasteiger partial charge in [0.2, 0.25) is 0 Å². The average molecular weight is 267 g/mol. The van der Waals surface area contributed by atoms with Crippen LogP contribution in [0.25, 0.3) is 0 Å². The summed E-state index contributed by atoms with van der Waals surface area (Å²) in [5.41, 5.74) is 5.90. The average Bonchev–Trinajstić information content (AvgIpc) is 2.34. The third kappa shape index (κ3) is 2.73. The predicted molar refractivity (Wildman–Crippen MR) is 67.3 cm³/mol. The van der Waals surface area contributed by atoms with E-state index in [0.29, 0.717) is 10.6 Å². The topological polar surface area (TPSA) is 43.1 Å². The number of benzene rings is 2. The Morgan fingerprint density at radius 3 is 2.11 bits per heavy atom. The van der Waals surface area contributed by atoms with Crippen molar-refractivity contribution >= 4 is 16.5 Å². The molecule has 0 aromatic heterocycles. The van der Waals surface area contributed by atoms with Gasteiger partial charge >= 0.3 is 0 Å². The van der Waals surface area contributed by atoms with Crippen LogP contribution in [0.15, 0.2) is 47.4 Å². The SMILES string of the molecule is Nc1ccc(S(=O)Cc2c(F)cccc2F)cc1. The van der Waals surface area contributed by atoms with Crippen LogP contribution < -0.4 is 5.73 Å². The van der Waals surface area contributed by atoms with Crippen LogP contribution in [-0.4, -0.2) is 4.21 Å². The molecule has 0 aliphatic heterocycles. The fraction of sp³-hybridized carbons (Fsp3) is 0.0769. The molecule has 94 valence electrons. The third-order valence-corrected chi connectivity index (χ3v) is 3.83. The molecule has 18 heavy (non-hydrogen) atoms. The largest absolute Gasteiger partial charge is 0.399 e. The lowest BCUT2D eigenvalue weighted by Crippen LogP contribution is -2.02. The maximum Gasteiger partial charge on any atom is 0.130 e. The van der Waals surface area contributed by atoms with Crippen molar-refractivity contribution in [2.75, 3.05) is 5.73 Å². The highest BCUT2D eigenvalue weighted by Gasteiger charge is 2.13. The molecule has 0 heterocycles. The highest BCUT2D eigenvalue weighted by atomic mass is 32.2. The first-order chi connectivity index (χ1) is 8.58. The summed E-state index contributed by atoms with van der Waals surface area (Å²) in [6.45, 7) is 0. The lowest BCUT2D eigenvalue weighted by molar-refractivity contribution is 0.564. The zero-order chi connectivity index (χ0) is 13.1. The Morgan fingerprint density at radius 2 is 1.56 bits per heavy atom. The van der Waals surface area contributed by atoms with Gasteiger partial charge in [0, 0.05) is 16.1 Å². The zero-order valence-corrected chi connectivity index (χ0v) is 10.2. The van der Waals surface area contributed by atoms with Crippen molar-refractivity contribution in [2.45, 2.75) is 10.6 Å². The fourth-order valence-electron chi connectivity index (χ4n) is 1.50. The molecule has 0 aliphatic rings. The summed E-state index contributed by atoms with van der Waals surface area (Å²) in [5.74, 6) is -1.56. The summed E-state index contributed by atoms with van der Waals surface area (Å²) in [6.07, 6.45) is 0. The molecule has 2 N–H and O–H groups in total. The number of hydrogen-bond acceptors (Lipinski definition) is 2. The van der Waals surface area contributed by atoms with Crippen LogP contribution in [0.2, 0.25) is 0 Å². The summed E-state index contributed by atoms with van der Waals surface area (Å²) >= 11 is 0. The summed E-state index contributed by atoms with van der Waals surface area (Å²) in [7, 11) is -1.50. The van der Waals surface area contributed by atoms with Crippen molar-refractivity contribution in [1.82, 2.24) is 0 Å². The molecule has 1 unspecified atom stereocenters. The van der Waals surface area contributed by atoms with E-state index in [2.05, 4.69) is 0 Å². The van der Waals surface area contributed by atoms with Gasteiger partial charge in [0.05, 0.1) is 16.6 Å². The van der Waals surface area contributed by atoms with E-state index in [-0.39, 0.29) is 11.3 Å². The highest BCUT2D eigenvalue weighted by molar-refractivity contribution is 7.84. The van der Waals surface area contributed by atoms with E-state index >= 15 is 0 Å². The van der Waals surface area contributed by atoms with Crippen LogP contribution in [0, 0.1) is 11.6 Å². The highest BCUT2D eigenvalue weighted by Crippen LogP contribution is 2.18. The second kappa shape index (κ2) is 5.27.